The smallest absolute Gasteiger partial charge is 0.160 e. The van der Waals surface area contributed by atoms with Crippen LogP contribution in [-0.4, -0.2) is 19.6 Å². The Hall–Kier alpha value is -2.56. The fourth-order valence-corrected chi connectivity index (χ4v) is 2.01. The number of para-hydroxylation sites is 1. The molecule has 0 saturated carbocycles. The summed E-state index contributed by atoms with van der Waals surface area (Å²) in [4.78, 5) is 8.74. The van der Waals surface area contributed by atoms with Crippen molar-refractivity contribution in [1.82, 2.24) is 14.5 Å². The number of nitrogens with zero attached hydrogens (tertiary/aromatic N) is 3. The number of nitrogens with two attached hydrogens (primary N) is 1. The number of phenolic OH excluding ortho intramolecular Hbond substituents is 1. The molecule has 0 aliphatic rings. The maximum Gasteiger partial charge on any atom is 0.160 e. The van der Waals surface area contributed by atoms with Crippen LogP contribution < -0.4 is 5.73 Å². The van der Waals surface area contributed by atoms with Gasteiger partial charge in [-0.25, -0.2) is 9.97 Å². The van der Waals surface area contributed by atoms with Crippen molar-refractivity contribution in [2.75, 3.05) is 5.73 Å². The molecule has 0 aliphatic heterocycles. The number of aromatic nitrogens is 3. The molecule has 3 rings (SSSR count). The summed E-state index contributed by atoms with van der Waals surface area (Å²) in [6.45, 7) is 0. The van der Waals surface area contributed by atoms with E-state index in [-0.39, 0.29) is 5.75 Å². The molecular formula is C13H12N4O. The van der Waals surface area contributed by atoms with Gasteiger partial charge in [-0.3, -0.25) is 0 Å². The number of hydrogen-bond donors (Lipinski definition) is 2. The number of aryl methyl sites for hydroxylation is 1. The van der Waals surface area contributed by atoms with Gasteiger partial charge >= 0.3 is 0 Å². The number of hydrogen-bond acceptors (Lipinski definition) is 4. The van der Waals surface area contributed by atoms with Gasteiger partial charge in [0.1, 0.15) is 17.1 Å². The Kier molecular flexibility index (Phi) is 2.19. The van der Waals surface area contributed by atoms with Crippen LogP contribution in [0, 0.1) is 0 Å². The third-order valence-electron chi connectivity index (χ3n) is 2.94. The van der Waals surface area contributed by atoms with Gasteiger partial charge in [-0.2, -0.15) is 0 Å². The van der Waals surface area contributed by atoms with Crippen LogP contribution in [0.15, 0.2) is 36.5 Å². The first-order valence-corrected chi connectivity index (χ1v) is 5.54. The maximum absolute atomic E-state index is 10.0. The maximum atomic E-state index is 10.0. The highest BCUT2D eigenvalue weighted by atomic mass is 16.3. The molecule has 0 saturated heterocycles. The summed E-state index contributed by atoms with van der Waals surface area (Å²) in [7, 11) is 1.86. The van der Waals surface area contributed by atoms with Gasteiger partial charge in [0.2, 0.25) is 0 Å². The summed E-state index contributed by atoms with van der Waals surface area (Å²) in [5.41, 5.74) is 8.21. The summed E-state index contributed by atoms with van der Waals surface area (Å²) < 4.78 is 1.84. The Morgan fingerprint density at radius 3 is 2.83 bits per heavy atom. The van der Waals surface area contributed by atoms with Gasteiger partial charge in [0.15, 0.2) is 5.65 Å². The molecule has 3 aromatic rings. The molecule has 0 amide bonds. The molecule has 18 heavy (non-hydrogen) atoms. The van der Waals surface area contributed by atoms with Gasteiger partial charge in [-0.15, -0.1) is 0 Å². The quantitative estimate of drug-likeness (QED) is 0.503. The lowest BCUT2D eigenvalue weighted by molar-refractivity contribution is 0.479. The molecule has 5 nitrogen and oxygen atoms in total. The fourth-order valence-electron chi connectivity index (χ4n) is 2.01. The number of aromatic hydroxyl groups is 1. The summed E-state index contributed by atoms with van der Waals surface area (Å²) in [6.07, 6.45) is 1.72. The van der Waals surface area contributed by atoms with Crippen molar-refractivity contribution in [3.05, 3.63) is 36.5 Å². The van der Waals surface area contributed by atoms with E-state index in [9.17, 15) is 5.11 Å². The van der Waals surface area contributed by atoms with E-state index >= 15 is 0 Å². The topological polar surface area (TPSA) is 77.0 Å². The number of anilines is 1. The van der Waals surface area contributed by atoms with E-state index in [1.54, 1.807) is 24.4 Å². The minimum absolute atomic E-state index is 0.0518. The highest BCUT2D eigenvalue weighted by Crippen LogP contribution is 2.33. The number of nitrogen functional groups attached to an aromatic ring is 1. The zero-order valence-electron chi connectivity index (χ0n) is 9.83. The van der Waals surface area contributed by atoms with Crippen LogP contribution in [0.25, 0.3) is 22.6 Å². The van der Waals surface area contributed by atoms with E-state index < -0.39 is 0 Å². The summed E-state index contributed by atoms with van der Waals surface area (Å²) >= 11 is 0. The van der Waals surface area contributed by atoms with Crippen LogP contribution in [0.5, 0.6) is 5.75 Å². The summed E-state index contributed by atoms with van der Waals surface area (Å²) in [5.74, 6) is 0.699. The summed E-state index contributed by atoms with van der Waals surface area (Å²) in [5, 5.41) is 10.0. The average Bonchev–Trinajstić information content (AvgIpc) is 2.71. The van der Waals surface area contributed by atoms with Crippen LogP contribution in [0.4, 0.5) is 5.69 Å². The molecule has 0 atom stereocenters. The molecule has 2 heterocycles. The Balaban J connectivity index is 2.32. The molecule has 5 heteroatoms. The Labute approximate surface area is 104 Å². The number of benzene rings is 1. The fraction of sp³-hybridized carbons (Fsp3) is 0.0769. The van der Waals surface area contributed by atoms with E-state index in [2.05, 4.69) is 9.97 Å². The average molecular weight is 240 g/mol. The molecule has 90 valence electrons. The monoisotopic (exact) mass is 240 g/mol. The van der Waals surface area contributed by atoms with E-state index in [1.165, 1.54) is 0 Å². The molecular weight excluding hydrogens is 228 g/mol. The second-order valence-electron chi connectivity index (χ2n) is 4.08. The molecule has 1 aromatic carbocycles. The summed E-state index contributed by atoms with van der Waals surface area (Å²) in [6, 6.07) is 8.94. The predicted octanol–water partition coefficient (Wildman–Crippen LogP) is 1.92. The van der Waals surface area contributed by atoms with Gasteiger partial charge in [-0.1, -0.05) is 6.07 Å². The number of rotatable bonds is 1. The van der Waals surface area contributed by atoms with Gasteiger partial charge in [0.25, 0.3) is 0 Å². The van der Waals surface area contributed by atoms with Crippen molar-refractivity contribution in [3.63, 3.8) is 0 Å². The second-order valence-corrected chi connectivity index (χ2v) is 4.08. The van der Waals surface area contributed by atoms with Crippen molar-refractivity contribution in [2.24, 2.45) is 7.05 Å². The number of pyridine rings is 1. The van der Waals surface area contributed by atoms with Crippen LogP contribution in [0.1, 0.15) is 0 Å². The minimum Gasteiger partial charge on any atom is -0.505 e. The van der Waals surface area contributed by atoms with Crippen LogP contribution in [-0.2, 0) is 7.05 Å². The minimum atomic E-state index is 0.0518. The number of imidazole rings is 1. The SMILES string of the molecule is Cn1c(-c2cccc(N)c2O)nc2cccnc21. The third kappa shape index (κ3) is 1.41. The van der Waals surface area contributed by atoms with Crippen LogP contribution >= 0.6 is 0 Å². The molecule has 2 aromatic heterocycles. The van der Waals surface area contributed by atoms with Crippen molar-refractivity contribution in [1.29, 1.82) is 0 Å². The Bertz CT molecular complexity index is 733. The normalized spacial score (nSPS) is 10.9. The Morgan fingerprint density at radius 2 is 2.06 bits per heavy atom. The molecule has 0 bridgehead atoms. The van der Waals surface area contributed by atoms with E-state index in [0.29, 0.717) is 17.1 Å². The third-order valence-corrected chi connectivity index (χ3v) is 2.94. The lowest BCUT2D eigenvalue weighted by atomic mass is 10.1. The van der Waals surface area contributed by atoms with Gasteiger partial charge in [0, 0.05) is 13.2 Å². The molecule has 0 fully saturated rings. The number of fused-ring (bicyclic) bond motifs is 1. The second kappa shape index (κ2) is 3.73. The molecule has 3 N–H and O–H groups in total. The lowest BCUT2D eigenvalue weighted by Crippen LogP contribution is -1.95. The largest absolute Gasteiger partial charge is 0.505 e. The van der Waals surface area contributed by atoms with Crippen molar-refractivity contribution >= 4 is 16.9 Å². The van der Waals surface area contributed by atoms with E-state index in [4.69, 9.17) is 5.73 Å². The van der Waals surface area contributed by atoms with Crippen molar-refractivity contribution < 1.29 is 5.11 Å². The van der Waals surface area contributed by atoms with Crippen LogP contribution in [0.3, 0.4) is 0 Å². The predicted molar refractivity (Wildman–Crippen MR) is 70.0 cm³/mol. The first-order chi connectivity index (χ1) is 8.68. The van der Waals surface area contributed by atoms with Crippen molar-refractivity contribution in [3.8, 4) is 17.1 Å². The van der Waals surface area contributed by atoms with Gasteiger partial charge < -0.3 is 15.4 Å². The molecule has 0 unspecified atom stereocenters. The molecule has 0 radical (unpaired) electrons. The van der Waals surface area contributed by atoms with Crippen LogP contribution in [0.2, 0.25) is 0 Å². The van der Waals surface area contributed by atoms with Gasteiger partial charge in [-0.05, 0) is 24.3 Å². The van der Waals surface area contributed by atoms with E-state index in [1.807, 2.05) is 23.7 Å². The van der Waals surface area contributed by atoms with E-state index in [0.717, 1.165) is 11.2 Å². The zero-order valence-corrected chi connectivity index (χ0v) is 9.83. The highest BCUT2D eigenvalue weighted by molar-refractivity contribution is 5.80. The van der Waals surface area contributed by atoms with Crippen molar-refractivity contribution in [2.45, 2.75) is 0 Å². The Morgan fingerprint density at radius 1 is 1.22 bits per heavy atom. The van der Waals surface area contributed by atoms with Gasteiger partial charge in [0.05, 0.1) is 11.3 Å². The molecule has 0 aliphatic carbocycles. The first-order valence-electron chi connectivity index (χ1n) is 5.54. The number of phenols is 1. The lowest BCUT2D eigenvalue weighted by Gasteiger charge is -2.06. The molecule has 0 spiro atoms. The highest BCUT2D eigenvalue weighted by Gasteiger charge is 2.14. The standard InChI is InChI=1S/C13H12N4O/c1-17-12(8-4-2-5-9(14)11(8)18)16-10-6-3-7-15-13(10)17/h2-7,18H,14H2,1H3. The first kappa shape index (κ1) is 10.6. The zero-order chi connectivity index (χ0) is 12.7.